The van der Waals surface area contributed by atoms with Crippen molar-refractivity contribution in [2.45, 2.75) is 22.5 Å². The molecule has 2 aliphatic carbocycles. The molecule has 160 valence electrons. The van der Waals surface area contributed by atoms with Gasteiger partial charge in [0, 0.05) is 26.9 Å². The fraction of sp³-hybridized carbons (Fsp3) is 0.500. The predicted molar refractivity (Wildman–Crippen MR) is 116 cm³/mol. The summed E-state index contributed by atoms with van der Waals surface area (Å²) in [4.78, 5) is 51.0. The molecule has 10 heteroatoms. The van der Waals surface area contributed by atoms with Crippen LogP contribution in [0.5, 0.6) is 0 Å². The first-order valence-electron chi connectivity index (χ1n) is 9.62. The molecule has 1 aromatic rings. The number of fused-ring (bicyclic) bond motifs is 5. The van der Waals surface area contributed by atoms with Gasteiger partial charge < -0.3 is 10.1 Å². The van der Waals surface area contributed by atoms with Gasteiger partial charge in [-0.3, -0.25) is 24.1 Å². The van der Waals surface area contributed by atoms with Crippen molar-refractivity contribution in [3.63, 3.8) is 0 Å². The molecule has 0 aromatic heterocycles. The van der Waals surface area contributed by atoms with Crippen LogP contribution in [0, 0.1) is 23.7 Å². The highest BCUT2D eigenvalue weighted by atomic mass is 79.9. The molecule has 30 heavy (non-hydrogen) atoms. The van der Waals surface area contributed by atoms with Crippen molar-refractivity contribution in [2.24, 2.45) is 23.7 Å². The lowest BCUT2D eigenvalue weighted by Crippen LogP contribution is -2.37. The maximum Gasteiger partial charge on any atom is 0.308 e. The quantitative estimate of drug-likeness (QED) is 0.327. The number of anilines is 1. The van der Waals surface area contributed by atoms with Crippen LogP contribution in [0.1, 0.15) is 12.8 Å². The largest absolute Gasteiger partial charge is 0.456 e. The lowest BCUT2D eigenvalue weighted by atomic mass is 9.81. The zero-order chi connectivity index (χ0) is 21.6. The number of nitrogens with zero attached hydrogens (tertiary/aromatic N) is 1. The van der Waals surface area contributed by atoms with E-state index < -0.39 is 18.5 Å². The number of imide groups is 1. The number of amides is 3. The Labute approximate surface area is 195 Å². The first-order chi connectivity index (χ1) is 14.3. The summed E-state index contributed by atoms with van der Waals surface area (Å²) in [7, 11) is 0. The molecule has 7 nitrogen and oxygen atoms in total. The van der Waals surface area contributed by atoms with E-state index >= 15 is 0 Å². The summed E-state index contributed by atoms with van der Waals surface area (Å²) in [5, 5.41) is 3.13. The summed E-state index contributed by atoms with van der Waals surface area (Å²) >= 11 is 13.1. The van der Waals surface area contributed by atoms with Gasteiger partial charge in [0.15, 0.2) is 6.61 Å². The highest BCUT2D eigenvalue weighted by molar-refractivity contribution is 9.12. The molecule has 2 bridgehead atoms. The van der Waals surface area contributed by atoms with E-state index in [1.54, 1.807) is 24.3 Å². The summed E-state index contributed by atoms with van der Waals surface area (Å²) in [6.45, 7) is -0.475. The average molecular weight is 563 g/mol. The number of esters is 1. The highest BCUT2D eigenvalue weighted by Gasteiger charge is 2.66. The van der Waals surface area contributed by atoms with Gasteiger partial charge in [0.05, 0.1) is 18.3 Å². The Morgan fingerprint density at radius 3 is 2.20 bits per heavy atom. The Balaban J connectivity index is 1.25. The van der Waals surface area contributed by atoms with Gasteiger partial charge in [-0.2, -0.15) is 0 Å². The summed E-state index contributed by atoms with van der Waals surface area (Å²) in [6, 6.07) is 6.52. The summed E-state index contributed by atoms with van der Waals surface area (Å²) in [5.74, 6) is -1.87. The molecule has 0 spiro atoms. The number of nitrogens with one attached hydrogen (secondary N) is 1. The molecule has 6 atom stereocenters. The van der Waals surface area contributed by atoms with Crippen molar-refractivity contribution in [2.75, 3.05) is 18.5 Å². The standard InChI is InChI=1S/C20H19Br2ClN2O5/c21-17-11-7-12(18(17)22)16-15(11)19(28)25(20(16)29)6-5-14(27)30-8-13(26)24-10-3-1-9(23)2-4-10/h1-4,11-12,15-18H,5-8H2,(H,24,26)/t11-,12-,15-,16+,17-,18+/m1/s1. The third-order valence-corrected chi connectivity index (χ3v) is 9.57. The van der Waals surface area contributed by atoms with Gasteiger partial charge >= 0.3 is 5.97 Å². The molecular weight excluding hydrogens is 543 g/mol. The fourth-order valence-electron chi connectivity index (χ4n) is 4.78. The number of ether oxygens (including phenoxy) is 1. The third kappa shape index (κ3) is 3.91. The van der Waals surface area contributed by atoms with Gasteiger partial charge in [-0.25, -0.2) is 0 Å². The summed E-state index contributed by atoms with van der Waals surface area (Å²) in [5.41, 5.74) is 0.532. The van der Waals surface area contributed by atoms with Crippen LogP contribution in [0.2, 0.25) is 5.02 Å². The van der Waals surface area contributed by atoms with Gasteiger partial charge in [-0.1, -0.05) is 43.5 Å². The van der Waals surface area contributed by atoms with Crippen LogP contribution in [0.15, 0.2) is 24.3 Å². The number of halogens is 3. The van der Waals surface area contributed by atoms with E-state index in [1.165, 1.54) is 4.90 Å². The number of benzene rings is 1. The average Bonchev–Trinajstić information content (AvgIpc) is 3.32. The number of hydrogen-bond donors (Lipinski definition) is 1. The summed E-state index contributed by atoms with van der Waals surface area (Å²) in [6.07, 6.45) is 0.715. The molecule has 4 rings (SSSR count). The minimum absolute atomic E-state index is 0.0261. The van der Waals surface area contributed by atoms with Crippen molar-refractivity contribution in [1.29, 1.82) is 0 Å². The molecule has 3 fully saturated rings. The van der Waals surface area contributed by atoms with E-state index in [2.05, 4.69) is 37.2 Å². The number of hydrogen-bond acceptors (Lipinski definition) is 5. The molecular formula is C20H19Br2ClN2O5. The molecule has 0 radical (unpaired) electrons. The van der Waals surface area contributed by atoms with Gasteiger partial charge in [-0.05, 0) is 42.5 Å². The minimum atomic E-state index is -0.640. The van der Waals surface area contributed by atoms with Crippen molar-refractivity contribution in [1.82, 2.24) is 4.90 Å². The molecule has 1 aromatic carbocycles. The maximum absolute atomic E-state index is 12.8. The highest BCUT2D eigenvalue weighted by Crippen LogP contribution is 2.60. The Hall–Kier alpha value is -1.45. The Bertz CT molecular complexity index is 864. The molecule has 1 aliphatic heterocycles. The first-order valence-corrected chi connectivity index (χ1v) is 11.8. The van der Waals surface area contributed by atoms with Crippen LogP contribution < -0.4 is 5.32 Å². The third-order valence-electron chi connectivity index (χ3n) is 6.11. The van der Waals surface area contributed by atoms with Crippen LogP contribution in [0.25, 0.3) is 0 Å². The van der Waals surface area contributed by atoms with Gasteiger partial charge in [-0.15, -0.1) is 0 Å². The SMILES string of the molecule is O=C(COC(=O)CCN1C(=O)[C@@H]2[C@H]3C[C@@H]([C@H](Br)[C@@H]3Br)[C@@H]2C1=O)Nc1ccc(Cl)cc1. The number of likely N-dealkylation sites (tertiary alicyclic amines) is 1. The molecule has 3 aliphatic rings. The summed E-state index contributed by atoms with van der Waals surface area (Å²) < 4.78 is 4.97. The van der Waals surface area contributed by atoms with Gasteiger partial charge in [0.25, 0.3) is 5.91 Å². The van der Waals surface area contributed by atoms with E-state index in [-0.39, 0.29) is 58.1 Å². The molecule has 0 unspecified atom stereocenters. The van der Waals surface area contributed by atoms with Crippen LogP contribution in [0.4, 0.5) is 5.69 Å². The zero-order valence-electron chi connectivity index (χ0n) is 15.7. The first kappa shape index (κ1) is 21.8. The maximum atomic E-state index is 12.8. The molecule has 3 amide bonds. The van der Waals surface area contributed by atoms with Crippen molar-refractivity contribution < 1.29 is 23.9 Å². The van der Waals surface area contributed by atoms with Crippen LogP contribution >= 0.6 is 43.5 Å². The minimum Gasteiger partial charge on any atom is -0.456 e. The van der Waals surface area contributed by atoms with E-state index in [4.69, 9.17) is 16.3 Å². The number of carbonyl (C=O) groups is 4. The predicted octanol–water partition coefficient (Wildman–Crippen LogP) is 2.99. The van der Waals surface area contributed by atoms with Crippen LogP contribution in [-0.4, -0.2) is 51.4 Å². The second-order valence-corrected chi connectivity index (χ2v) is 10.3. The van der Waals surface area contributed by atoms with E-state index in [1.807, 2.05) is 0 Å². The monoisotopic (exact) mass is 560 g/mol. The Morgan fingerprint density at radius 2 is 1.63 bits per heavy atom. The molecule has 2 saturated carbocycles. The van der Waals surface area contributed by atoms with Crippen LogP contribution in [-0.2, 0) is 23.9 Å². The van der Waals surface area contributed by atoms with Crippen LogP contribution in [0.3, 0.4) is 0 Å². The van der Waals surface area contributed by atoms with Crippen molar-refractivity contribution in [3.05, 3.63) is 29.3 Å². The van der Waals surface area contributed by atoms with Gasteiger partial charge in [0.1, 0.15) is 0 Å². The zero-order valence-corrected chi connectivity index (χ0v) is 19.7. The smallest absolute Gasteiger partial charge is 0.308 e. The number of carbonyl (C=O) groups excluding carboxylic acids is 4. The van der Waals surface area contributed by atoms with E-state index in [0.29, 0.717) is 10.7 Å². The lowest BCUT2D eigenvalue weighted by Gasteiger charge is -2.28. The second-order valence-electron chi connectivity index (χ2n) is 7.80. The molecule has 1 saturated heterocycles. The van der Waals surface area contributed by atoms with Crippen molar-refractivity contribution in [3.8, 4) is 0 Å². The number of alkyl halides is 2. The van der Waals surface area contributed by atoms with Gasteiger partial charge in [0.2, 0.25) is 11.8 Å². The molecule has 1 N–H and O–H groups in total. The number of rotatable bonds is 6. The normalized spacial score (nSPS) is 31.8. The van der Waals surface area contributed by atoms with E-state index in [0.717, 1.165) is 6.42 Å². The fourth-order valence-corrected chi connectivity index (χ4v) is 6.78. The van der Waals surface area contributed by atoms with Crippen molar-refractivity contribution >= 4 is 72.8 Å². The Kier molecular flexibility index (Phi) is 6.23. The topological polar surface area (TPSA) is 92.8 Å². The Morgan fingerprint density at radius 1 is 1.07 bits per heavy atom. The second kappa shape index (κ2) is 8.59. The van der Waals surface area contributed by atoms with E-state index in [9.17, 15) is 19.2 Å². The molecule has 1 heterocycles. The lowest BCUT2D eigenvalue weighted by molar-refractivity contribution is -0.149.